The quantitative estimate of drug-likeness (QED) is 0.651. The van der Waals surface area contributed by atoms with Crippen LogP contribution >= 0.6 is 0 Å². The van der Waals surface area contributed by atoms with Crippen LogP contribution in [0.5, 0.6) is 0 Å². The smallest absolute Gasteiger partial charge is 0.224 e. The number of rotatable bonds is 2. The summed E-state index contributed by atoms with van der Waals surface area (Å²) < 4.78 is 5.01. The molecule has 2 aliphatic heterocycles. The normalized spacial score (nSPS) is 33.5. The lowest BCUT2D eigenvalue weighted by Gasteiger charge is -2.31. The number of piperidine rings is 1. The molecular formula is C10H18N2O2. The van der Waals surface area contributed by atoms with Gasteiger partial charge in [-0.1, -0.05) is 0 Å². The highest BCUT2D eigenvalue weighted by atomic mass is 16.5. The Morgan fingerprint density at radius 1 is 1.43 bits per heavy atom. The molecule has 2 aliphatic rings. The van der Waals surface area contributed by atoms with Crippen molar-refractivity contribution in [3.05, 3.63) is 0 Å². The molecular weight excluding hydrogens is 180 g/mol. The SMILES string of the molecule is CC1CCC(C(=O)NC2COC2)CN1. The number of nitrogens with one attached hydrogen (secondary N) is 2. The first kappa shape index (κ1) is 9.93. The van der Waals surface area contributed by atoms with E-state index in [2.05, 4.69) is 17.6 Å². The van der Waals surface area contributed by atoms with E-state index in [1.54, 1.807) is 0 Å². The van der Waals surface area contributed by atoms with Crippen molar-refractivity contribution in [2.75, 3.05) is 19.8 Å². The number of hydrogen-bond donors (Lipinski definition) is 2. The van der Waals surface area contributed by atoms with Crippen LogP contribution in [0.4, 0.5) is 0 Å². The highest BCUT2D eigenvalue weighted by Gasteiger charge is 2.27. The van der Waals surface area contributed by atoms with Crippen LogP contribution in [0.25, 0.3) is 0 Å². The Hall–Kier alpha value is -0.610. The number of hydrogen-bond acceptors (Lipinski definition) is 3. The lowest BCUT2D eigenvalue weighted by atomic mass is 9.94. The highest BCUT2D eigenvalue weighted by molar-refractivity contribution is 5.79. The predicted octanol–water partition coefficient (Wildman–Crippen LogP) is -0.110. The maximum absolute atomic E-state index is 11.7. The lowest BCUT2D eigenvalue weighted by Crippen LogP contribution is -2.52. The Kier molecular flexibility index (Phi) is 3.03. The van der Waals surface area contributed by atoms with Crippen LogP contribution < -0.4 is 10.6 Å². The minimum Gasteiger partial charge on any atom is -0.377 e. The van der Waals surface area contributed by atoms with Gasteiger partial charge in [-0.15, -0.1) is 0 Å². The molecule has 2 atom stereocenters. The molecule has 0 aliphatic carbocycles. The van der Waals surface area contributed by atoms with Gasteiger partial charge in [0, 0.05) is 12.6 Å². The zero-order chi connectivity index (χ0) is 9.97. The van der Waals surface area contributed by atoms with Crippen molar-refractivity contribution < 1.29 is 9.53 Å². The Morgan fingerprint density at radius 2 is 2.21 bits per heavy atom. The minimum absolute atomic E-state index is 0.159. The Morgan fingerprint density at radius 3 is 2.71 bits per heavy atom. The average molecular weight is 198 g/mol. The largest absolute Gasteiger partial charge is 0.377 e. The monoisotopic (exact) mass is 198 g/mol. The van der Waals surface area contributed by atoms with Gasteiger partial charge < -0.3 is 15.4 Å². The first-order valence-electron chi connectivity index (χ1n) is 5.37. The van der Waals surface area contributed by atoms with Gasteiger partial charge in [0.15, 0.2) is 0 Å². The van der Waals surface area contributed by atoms with E-state index in [-0.39, 0.29) is 17.9 Å². The van der Waals surface area contributed by atoms with Crippen molar-refractivity contribution in [2.45, 2.75) is 31.8 Å². The van der Waals surface area contributed by atoms with E-state index >= 15 is 0 Å². The topological polar surface area (TPSA) is 50.4 Å². The molecule has 80 valence electrons. The third-order valence-electron chi connectivity index (χ3n) is 3.02. The Labute approximate surface area is 84.4 Å². The highest BCUT2D eigenvalue weighted by Crippen LogP contribution is 2.14. The molecule has 2 unspecified atom stereocenters. The molecule has 2 rings (SSSR count). The minimum atomic E-state index is 0.159. The van der Waals surface area contributed by atoms with Gasteiger partial charge in [0.05, 0.1) is 25.2 Å². The number of carbonyl (C=O) groups excluding carboxylic acids is 1. The average Bonchev–Trinajstić information content (AvgIpc) is 2.12. The summed E-state index contributed by atoms with van der Waals surface area (Å²) >= 11 is 0. The molecule has 0 aromatic carbocycles. The number of amides is 1. The molecule has 0 aromatic rings. The summed E-state index contributed by atoms with van der Waals surface area (Å²) in [4.78, 5) is 11.7. The molecule has 0 spiro atoms. The van der Waals surface area contributed by atoms with Crippen molar-refractivity contribution in [2.24, 2.45) is 5.92 Å². The van der Waals surface area contributed by atoms with Crippen molar-refractivity contribution in [3.8, 4) is 0 Å². The standard InChI is InChI=1S/C10H18N2O2/c1-7-2-3-8(4-11-7)10(13)12-9-5-14-6-9/h7-9,11H,2-6H2,1H3,(H,12,13). The molecule has 1 amide bonds. The second-order valence-electron chi connectivity index (χ2n) is 4.33. The molecule has 0 saturated carbocycles. The Balaban J connectivity index is 1.74. The maximum atomic E-state index is 11.7. The molecule has 2 fully saturated rings. The number of carbonyl (C=O) groups is 1. The molecule has 0 bridgehead atoms. The van der Waals surface area contributed by atoms with Gasteiger partial charge in [0.1, 0.15) is 0 Å². The predicted molar refractivity (Wildman–Crippen MR) is 52.9 cm³/mol. The molecule has 2 N–H and O–H groups in total. The molecule has 0 radical (unpaired) electrons. The molecule has 14 heavy (non-hydrogen) atoms. The summed E-state index contributed by atoms with van der Waals surface area (Å²) in [6, 6.07) is 0.827. The van der Waals surface area contributed by atoms with Crippen LogP contribution in [0, 0.1) is 5.92 Å². The van der Waals surface area contributed by atoms with Crippen LogP contribution in [0.3, 0.4) is 0 Å². The van der Waals surface area contributed by atoms with Crippen LogP contribution in [-0.4, -0.2) is 37.7 Å². The van der Waals surface area contributed by atoms with Crippen molar-refractivity contribution in [1.82, 2.24) is 10.6 Å². The van der Waals surface area contributed by atoms with E-state index in [1.165, 1.54) is 0 Å². The fraction of sp³-hybridized carbons (Fsp3) is 0.900. The van der Waals surface area contributed by atoms with E-state index in [0.717, 1.165) is 19.4 Å². The summed E-state index contributed by atoms with van der Waals surface area (Å²) in [5, 5.41) is 6.33. The van der Waals surface area contributed by atoms with Gasteiger partial charge in [-0.05, 0) is 19.8 Å². The second-order valence-corrected chi connectivity index (χ2v) is 4.33. The van der Waals surface area contributed by atoms with Gasteiger partial charge in [0.25, 0.3) is 0 Å². The van der Waals surface area contributed by atoms with E-state index in [1.807, 2.05) is 0 Å². The van der Waals surface area contributed by atoms with Crippen molar-refractivity contribution in [1.29, 1.82) is 0 Å². The molecule has 2 heterocycles. The number of ether oxygens (including phenoxy) is 1. The fourth-order valence-electron chi connectivity index (χ4n) is 1.86. The first-order valence-corrected chi connectivity index (χ1v) is 5.37. The first-order chi connectivity index (χ1) is 6.75. The van der Waals surface area contributed by atoms with E-state index in [9.17, 15) is 4.79 Å². The van der Waals surface area contributed by atoms with E-state index < -0.39 is 0 Å². The summed E-state index contributed by atoms with van der Waals surface area (Å²) in [6.07, 6.45) is 2.10. The second kappa shape index (κ2) is 4.28. The molecule has 0 aromatic heterocycles. The lowest BCUT2D eigenvalue weighted by molar-refractivity contribution is -0.129. The van der Waals surface area contributed by atoms with Crippen molar-refractivity contribution >= 4 is 5.91 Å². The van der Waals surface area contributed by atoms with Crippen LogP contribution in [0.2, 0.25) is 0 Å². The summed E-state index contributed by atoms with van der Waals surface area (Å²) in [5.74, 6) is 0.351. The van der Waals surface area contributed by atoms with Gasteiger partial charge in [0.2, 0.25) is 5.91 Å². The Bertz CT molecular complexity index is 208. The van der Waals surface area contributed by atoms with Gasteiger partial charge in [-0.3, -0.25) is 4.79 Å². The van der Waals surface area contributed by atoms with Crippen LogP contribution in [0.1, 0.15) is 19.8 Å². The third-order valence-corrected chi connectivity index (χ3v) is 3.02. The molecule has 2 saturated heterocycles. The van der Waals surface area contributed by atoms with E-state index in [0.29, 0.717) is 19.3 Å². The zero-order valence-corrected chi connectivity index (χ0v) is 8.58. The molecule has 4 heteroatoms. The van der Waals surface area contributed by atoms with E-state index in [4.69, 9.17) is 4.74 Å². The van der Waals surface area contributed by atoms with Crippen LogP contribution in [0.15, 0.2) is 0 Å². The third kappa shape index (κ3) is 2.25. The van der Waals surface area contributed by atoms with Gasteiger partial charge in [-0.2, -0.15) is 0 Å². The summed E-state index contributed by atoms with van der Waals surface area (Å²) in [7, 11) is 0. The van der Waals surface area contributed by atoms with Gasteiger partial charge in [-0.25, -0.2) is 0 Å². The zero-order valence-electron chi connectivity index (χ0n) is 8.58. The molecule has 4 nitrogen and oxygen atoms in total. The summed E-state index contributed by atoms with van der Waals surface area (Å²) in [6.45, 7) is 4.35. The van der Waals surface area contributed by atoms with Gasteiger partial charge >= 0.3 is 0 Å². The fourth-order valence-corrected chi connectivity index (χ4v) is 1.86. The van der Waals surface area contributed by atoms with Crippen molar-refractivity contribution in [3.63, 3.8) is 0 Å². The maximum Gasteiger partial charge on any atom is 0.224 e. The summed E-state index contributed by atoms with van der Waals surface area (Å²) in [5.41, 5.74) is 0. The van der Waals surface area contributed by atoms with Crippen LogP contribution in [-0.2, 0) is 9.53 Å².